The number of Topliss-reactive ketones (excluding diaryl/α,β-unsaturated/α-hetero) is 1. The number of phenolic OH excluding ortho intramolecular Hbond substituents is 1. The Morgan fingerprint density at radius 3 is 2.82 bits per heavy atom. The number of hydrogen-bond donors (Lipinski definition) is 3. The molecule has 6 nitrogen and oxygen atoms in total. The molecule has 1 atom stereocenters. The molecule has 6 heteroatoms. The van der Waals surface area contributed by atoms with Crippen molar-refractivity contribution in [2.75, 3.05) is 26.2 Å². The Kier molecular flexibility index (Phi) is 4.30. The number of ether oxygens (including phenoxy) is 1. The monoisotopic (exact) mass is 377 g/mol. The van der Waals surface area contributed by atoms with Crippen LogP contribution < -0.4 is 10.1 Å². The van der Waals surface area contributed by atoms with Crippen LogP contribution in [0.4, 0.5) is 0 Å². The van der Waals surface area contributed by atoms with Crippen LogP contribution >= 0.6 is 0 Å². The molecule has 2 aromatic carbocycles. The predicted octanol–water partition coefficient (Wildman–Crippen LogP) is 2.47. The number of rotatable bonds is 4. The number of nitrogens with zero attached hydrogens (tertiary/aromatic N) is 1. The number of aromatic amines is 1. The number of phenols is 1. The number of piperazine rings is 1. The predicted molar refractivity (Wildman–Crippen MR) is 107 cm³/mol. The molecule has 1 unspecified atom stereocenters. The first-order valence-electron chi connectivity index (χ1n) is 9.74. The van der Waals surface area contributed by atoms with E-state index in [1.54, 1.807) is 12.1 Å². The largest absolute Gasteiger partial charge is 0.507 e. The number of benzene rings is 2. The van der Waals surface area contributed by atoms with Crippen LogP contribution in [0.3, 0.4) is 0 Å². The van der Waals surface area contributed by atoms with Gasteiger partial charge in [0.15, 0.2) is 6.10 Å². The van der Waals surface area contributed by atoms with Gasteiger partial charge >= 0.3 is 0 Å². The van der Waals surface area contributed by atoms with Crippen molar-refractivity contribution >= 4 is 16.7 Å². The van der Waals surface area contributed by atoms with Crippen molar-refractivity contribution in [3.63, 3.8) is 0 Å². The third kappa shape index (κ3) is 2.95. The smallest absolute Gasteiger partial charge is 0.207 e. The zero-order valence-corrected chi connectivity index (χ0v) is 15.6. The van der Waals surface area contributed by atoms with E-state index in [9.17, 15) is 9.90 Å². The summed E-state index contributed by atoms with van der Waals surface area (Å²) in [6, 6.07) is 11.4. The third-order valence-electron chi connectivity index (χ3n) is 5.73. The minimum absolute atomic E-state index is 0.0122. The van der Waals surface area contributed by atoms with Gasteiger partial charge in [-0.25, -0.2) is 0 Å². The van der Waals surface area contributed by atoms with Crippen molar-refractivity contribution < 1.29 is 14.6 Å². The molecule has 1 aromatic heterocycles. The van der Waals surface area contributed by atoms with Crippen molar-refractivity contribution in [2.45, 2.75) is 19.1 Å². The molecular formula is C22H23N3O3. The van der Waals surface area contributed by atoms with Gasteiger partial charge in [-0.15, -0.1) is 0 Å². The van der Waals surface area contributed by atoms with E-state index in [-0.39, 0.29) is 11.5 Å². The summed E-state index contributed by atoms with van der Waals surface area (Å²) in [7, 11) is 0. The highest BCUT2D eigenvalue weighted by Gasteiger charge is 2.36. The fourth-order valence-electron chi connectivity index (χ4n) is 4.20. The summed E-state index contributed by atoms with van der Waals surface area (Å²) >= 11 is 0. The van der Waals surface area contributed by atoms with Crippen LogP contribution in [0, 0.1) is 0 Å². The maximum absolute atomic E-state index is 13.0. The van der Waals surface area contributed by atoms with Gasteiger partial charge in [0.25, 0.3) is 0 Å². The first-order valence-corrected chi connectivity index (χ1v) is 9.74. The van der Waals surface area contributed by atoms with Crippen molar-refractivity contribution in [1.82, 2.24) is 15.2 Å². The van der Waals surface area contributed by atoms with Crippen LogP contribution in [0.1, 0.15) is 21.5 Å². The molecule has 0 bridgehead atoms. The number of carbonyl (C=O) groups is 1. The van der Waals surface area contributed by atoms with Crippen LogP contribution in [0.15, 0.2) is 42.6 Å². The topological polar surface area (TPSA) is 77.6 Å². The number of ketones is 1. The van der Waals surface area contributed by atoms with Crippen LogP contribution in [-0.4, -0.2) is 53.1 Å². The molecule has 2 aliphatic heterocycles. The normalized spacial score (nSPS) is 19.7. The fraction of sp³-hybridized carbons (Fsp3) is 0.318. The number of para-hydroxylation sites is 1. The number of hydrogen-bond acceptors (Lipinski definition) is 5. The molecule has 0 saturated carbocycles. The minimum atomic E-state index is -0.558. The Bertz CT molecular complexity index is 1040. The minimum Gasteiger partial charge on any atom is -0.507 e. The van der Waals surface area contributed by atoms with Gasteiger partial charge in [0.2, 0.25) is 5.78 Å². The lowest BCUT2D eigenvalue weighted by atomic mass is 10.00. The van der Waals surface area contributed by atoms with Crippen molar-refractivity contribution in [3.8, 4) is 11.5 Å². The summed E-state index contributed by atoms with van der Waals surface area (Å²) in [6.07, 6.45) is 1.90. The quantitative estimate of drug-likeness (QED) is 0.651. The van der Waals surface area contributed by atoms with E-state index in [2.05, 4.69) is 21.3 Å². The highest BCUT2D eigenvalue weighted by Crippen LogP contribution is 2.39. The Hall–Kier alpha value is -2.83. The SMILES string of the molecule is O=C1c2ccc(O)c(CN3CCNCC3)c2OC1Cc1c[nH]c2ccccc12. The number of nitrogens with one attached hydrogen (secondary N) is 2. The number of fused-ring (bicyclic) bond motifs is 2. The molecule has 5 rings (SSSR count). The van der Waals surface area contributed by atoms with Gasteiger partial charge in [0, 0.05) is 56.2 Å². The molecule has 3 aromatic rings. The second kappa shape index (κ2) is 6.96. The lowest BCUT2D eigenvalue weighted by molar-refractivity contribution is 0.0856. The van der Waals surface area contributed by atoms with Crippen molar-refractivity contribution in [3.05, 3.63) is 59.3 Å². The van der Waals surface area contributed by atoms with Crippen LogP contribution in [0.2, 0.25) is 0 Å². The van der Waals surface area contributed by atoms with Crippen molar-refractivity contribution in [2.24, 2.45) is 0 Å². The summed E-state index contributed by atoms with van der Waals surface area (Å²) in [5.41, 5.74) is 3.41. The lowest BCUT2D eigenvalue weighted by Crippen LogP contribution is -2.42. The van der Waals surface area contributed by atoms with Gasteiger partial charge in [-0.3, -0.25) is 9.69 Å². The van der Waals surface area contributed by atoms with Crippen LogP contribution in [-0.2, 0) is 13.0 Å². The van der Waals surface area contributed by atoms with Gasteiger partial charge in [-0.05, 0) is 23.8 Å². The van der Waals surface area contributed by atoms with E-state index >= 15 is 0 Å². The summed E-state index contributed by atoms with van der Waals surface area (Å²) in [5, 5.41) is 14.9. The zero-order chi connectivity index (χ0) is 19.1. The average Bonchev–Trinajstić information content (AvgIpc) is 3.27. The van der Waals surface area contributed by atoms with Crippen LogP contribution in [0.5, 0.6) is 11.5 Å². The Morgan fingerprint density at radius 2 is 1.96 bits per heavy atom. The Morgan fingerprint density at radius 1 is 1.14 bits per heavy atom. The van der Waals surface area contributed by atoms with Gasteiger partial charge in [0.1, 0.15) is 11.5 Å². The molecule has 0 aliphatic carbocycles. The van der Waals surface area contributed by atoms with Gasteiger partial charge in [0.05, 0.1) is 11.1 Å². The second-order valence-corrected chi connectivity index (χ2v) is 7.50. The molecule has 1 fully saturated rings. The highest BCUT2D eigenvalue weighted by molar-refractivity contribution is 6.05. The number of carbonyl (C=O) groups excluding carboxylic acids is 1. The molecule has 28 heavy (non-hydrogen) atoms. The van der Waals surface area contributed by atoms with E-state index in [0.29, 0.717) is 29.8 Å². The Labute approximate surface area is 163 Å². The summed E-state index contributed by atoms with van der Waals surface area (Å²) in [4.78, 5) is 18.5. The van der Waals surface area contributed by atoms with Gasteiger partial charge in [-0.1, -0.05) is 18.2 Å². The summed E-state index contributed by atoms with van der Waals surface area (Å²) in [5.74, 6) is 0.730. The van der Waals surface area contributed by atoms with E-state index < -0.39 is 6.10 Å². The molecule has 0 radical (unpaired) electrons. The summed E-state index contributed by atoms with van der Waals surface area (Å²) < 4.78 is 6.13. The van der Waals surface area contributed by atoms with Gasteiger partial charge in [-0.2, -0.15) is 0 Å². The van der Waals surface area contributed by atoms with E-state index in [4.69, 9.17) is 4.74 Å². The maximum atomic E-state index is 13.0. The molecule has 0 amide bonds. The highest BCUT2D eigenvalue weighted by atomic mass is 16.5. The van der Waals surface area contributed by atoms with Crippen molar-refractivity contribution in [1.29, 1.82) is 0 Å². The fourth-order valence-corrected chi connectivity index (χ4v) is 4.20. The van der Waals surface area contributed by atoms with E-state index in [1.807, 2.05) is 24.4 Å². The number of aromatic nitrogens is 1. The van der Waals surface area contributed by atoms with Gasteiger partial charge < -0.3 is 20.1 Å². The average molecular weight is 377 g/mol. The number of H-pyrrole nitrogens is 1. The molecule has 1 saturated heterocycles. The standard InChI is InChI=1S/C22H23N3O3/c26-19-6-5-16-21(27)20(11-14-12-24-18-4-2-1-3-15(14)18)28-22(16)17(19)13-25-9-7-23-8-10-25/h1-6,12,20,23-24,26H,7-11,13H2. The zero-order valence-electron chi connectivity index (χ0n) is 15.6. The van der Waals surface area contributed by atoms with Crippen LogP contribution in [0.25, 0.3) is 10.9 Å². The molecular weight excluding hydrogens is 354 g/mol. The van der Waals surface area contributed by atoms with E-state index in [1.165, 1.54) is 0 Å². The maximum Gasteiger partial charge on any atom is 0.207 e. The van der Waals surface area contributed by atoms with E-state index in [0.717, 1.165) is 42.6 Å². The Balaban J connectivity index is 1.42. The lowest BCUT2D eigenvalue weighted by Gasteiger charge is -2.28. The first-order chi connectivity index (χ1) is 13.7. The number of aromatic hydroxyl groups is 1. The first kappa shape index (κ1) is 17.3. The molecule has 144 valence electrons. The molecule has 2 aliphatic rings. The molecule has 3 N–H and O–H groups in total. The third-order valence-corrected chi connectivity index (χ3v) is 5.73. The summed E-state index contributed by atoms with van der Waals surface area (Å²) in [6.45, 7) is 4.27. The molecule has 3 heterocycles. The second-order valence-electron chi connectivity index (χ2n) is 7.50. The molecule has 0 spiro atoms.